The number of aliphatic hydroxyl groups excluding tert-OH is 1. The minimum absolute atomic E-state index is 0.0337. The summed E-state index contributed by atoms with van der Waals surface area (Å²) < 4.78 is 5.26. The summed E-state index contributed by atoms with van der Waals surface area (Å²) in [6.45, 7) is 9.96. The quantitative estimate of drug-likeness (QED) is 0.700. The average Bonchev–Trinajstić information content (AvgIpc) is 2.13. The van der Waals surface area contributed by atoms with E-state index in [-0.39, 0.29) is 18.5 Å². The summed E-state index contributed by atoms with van der Waals surface area (Å²) in [7, 11) is 0. The largest absolute Gasteiger partial charge is 0.460 e. The van der Waals surface area contributed by atoms with Crippen LogP contribution < -0.4 is 0 Å². The first-order chi connectivity index (χ1) is 7.78. The van der Waals surface area contributed by atoms with Crippen LogP contribution in [-0.4, -0.2) is 23.3 Å². The highest BCUT2D eigenvalue weighted by molar-refractivity contribution is 5.70. The monoisotopic (exact) mass is 244 g/mol. The first-order valence-corrected chi connectivity index (χ1v) is 6.61. The fraction of sp³-hybridized carbons (Fsp3) is 0.929. The van der Waals surface area contributed by atoms with Crippen molar-refractivity contribution in [2.24, 2.45) is 11.8 Å². The molecule has 1 N–H and O–H groups in total. The van der Waals surface area contributed by atoms with Crippen molar-refractivity contribution in [3.8, 4) is 0 Å². The third-order valence-electron chi connectivity index (χ3n) is 2.65. The van der Waals surface area contributed by atoms with Crippen LogP contribution in [0.5, 0.6) is 0 Å². The molecular formula is C14H28O3. The molecule has 0 bridgehead atoms. The molecule has 0 saturated heterocycles. The van der Waals surface area contributed by atoms with Gasteiger partial charge in [0.1, 0.15) is 5.60 Å². The minimum atomic E-state index is -0.438. The second kappa shape index (κ2) is 7.70. The molecule has 0 aliphatic rings. The van der Waals surface area contributed by atoms with Crippen LogP contribution in [0.1, 0.15) is 60.3 Å². The number of esters is 1. The van der Waals surface area contributed by atoms with Crippen LogP contribution in [0.3, 0.4) is 0 Å². The van der Waals surface area contributed by atoms with Crippen molar-refractivity contribution in [3.63, 3.8) is 0 Å². The van der Waals surface area contributed by atoms with Crippen molar-refractivity contribution in [3.05, 3.63) is 0 Å². The van der Waals surface area contributed by atoms with Gasteiger partial charge in [0.25, 0.3) is 0 Å². The molecule has 0 amide bonds. The number of carbonyl (C=O) groups is 1. The van der Waals surface area contributed by atoms with Crippen molar-refractivity contribution in [1.82, 2.24) is 0 Å². The van der Waals surface area contributed by atoms with E-state index in [4.69, 9.17) is 4.74 Å². The molecule has 2 atom stereocenters. The highest BCUT2D eigenvalue weighted by Gasteiger charge is 2.21. The number of rotatable bonds is 7. The fourth-order valence-corrected chi connectivity index (χ4v) is 2.02. The zero-order valence-electron chi connectivity index (χ0n) is 12.0. The lowest BCUT2D eigenvalue weighted by Gasteiger charge is -2.22. The maximum Gasteiger partial charge on any atom is 0.306 e. The summed E-state index contributed by atoms with van der Waals surface area (Å²) in [5.74, 6) is 0.381. The van der Waals surface area contributed by atoms with Gasteiger partial charge < -0.3 is 9.84 Å². The van der Waals surface area contributed by atoms with E-state index in [0.717, 1.165) is 19.3 Å². The van der Waals surface area contributed by atoms with E-state index in [1.807, 2.05) is 20.8 Å². The number of hydrogen-bond donors (Lipinski definition) is 1. The molecule has 0 radical (unpaired) electrons. The molecular weight excluding hydrogens is 216 g/mol. The molecule has 3 heteroatoms. The summed E-state index contributed by atoms with van der Waals surface area (Å²) >= 11 is 0. The summed E-state index contributed by atoms with van der Waals surface area (Å²) in [6, 6.07) is 0. The van der Waals surface area contributed by atoms with E-state index < -0.39 is 5.60 Å². The lowest BCUT2D eigenvalue weighted by molar-refractivity contribution is -0.156. The Bertz CT molecular complexity index is 218. The molecule has 102 valence electrons. The van der Waals surface area contributed by atoms with Crippen LogP contribution in [0, 0.1) is 11.8 Å². The van der Waals surface area contributed by atoms with E-state index >= 15 is 0 Å². The van der Waals surface area contributed by atoms with Crippen molar-refractivity contribution in [2.75, 3.05) is 6.61 Å². The van der Waals surface area contributed by atoms with E-state index in [1.54, 1.807) is 0 Å². The second-order valence-corrected chi connectivity index (χ2v) is 5.97. The number of carbonyl (C=O) groups excluding carboxylic acids is 1. The molecule has 0 fully saturated rings. The SMILES string of the molecule is CCCC(C)CC(CO)CC(=O)OC(C)(C)C. The first-order valence-electron chi connectivity index (χ1n) is 6.61. The maximum atomic E-state index is 11.6. The Kier molecular flexibility index (Phi) is 7.44. The Balaban J connectivity index is 4.08. The summed E-state index contributed by atoms with van der Waals surface area (Å²) in [4.78, 5) is 11.6. The Morgan fingerprint density at radius 2 is 1.94 bits per heavy atom. The molecule has 0 aromatic rings. The normalized spacial score (nSPS) is 15.4. The predicted octanol–water partition coefficient (Wildman–Crippen LogP) is 3.15. The van der Waals surface area contributed by atoms with Gasteiger partial charge in [-0.1, -0.05) is 26.7 Å². The van der Waals surface area contributed by atoms with Gasteiger partial charge in [-0.3, -0.25) is 4.79 Å². The van der Waals surface area contributed by atoms with Crippen LogP contribution in [0.15, 0.2) is 0 Å². The van der Waals surface area contributed by atoms with E-state index in [1.165, 1.54) is 0 Å². The smallest absolute Gasteiger partial charge is 0.306 e. The molecule has 2 unspecified atom stereocenters. The van der Waals surface area contributed by atoms with E-state index in [2.05, 4.69) is 13.8 Å². The van der Waals surface area contributed by atoms with Crippen LogP contribution in [0.25, 0.3) is 0 Å². The van der Waals surface area contributed by atoms with Crippen LogP contribution in [0.2, 0.25) is 0 Å². The second-order valence-electron chi connectivity index (χ2n) is 5.97. The van der Waals surface area contributed by atoms with Crippen LogP contribution in [-0.2, 0) is 9.53 Å². The molecule has 0 saturated carbocycles. The van der Waals surface area contributed by atoms with Crippen LogP contribution in [0.4, 0.5) is 0 Å². The third kappa shape index (κ3) is 9.16. The predicted molar refractivity (Wildman–Crippen MR) is 69.7 cm³/mol. The Morgan fingerprint density at radius 1 is 1.35 bits per heavy atom. The number of ether oxygens (including phenoxy) is 1. The van der Waals surface area contributed by atoms with Crippen molar-refractivity contribution >= 4 is 5.97 Å². The van der Waals surface area contributed by atoms with Gasteiger partial charge in [-0.05, 0) is 39.0 Å². The van der Waals surface area contributed by atoms with Gasteiger partial charge in [-0.2, -0.15) is 0 Å². The van der Waals surface area contributed by atoms with Crippen molar-refractivity contribution in [2.45, 2.75) is 65.9 Å². The molecule has 0 aliphatic heterocycles. The number of aliphatic hydroxyl groups is 1. The molecule has 3 nitrogen and oxygen atoms in total. The van der Waals surface area contributed by atoms with Gasteiger partial charge in [-0.25, -0.2) is 0 Å². The summed E-state index contributed by atoms with van der Waals surface area (Å²) in [5.41, 5.74) is -0.438. The van der Waals surface area contributed by atoms with E-state index in [0.29, 0.717) is 12.3 Å². The minimum Gasteiger partial charge on any atom is -0.460 e. The van der Waals surface area contributed by atoms with Gasteiger partial charge in [-0.15, -0.1) is 0 Å². The topological polar surface area (TPSA) is 46.5 Å². The van der Waals surface area contributed by atoms with Gasteiger partial charge >= 0.3 is 5.97 Å². The summed E-state index contributed by atoms with van der Waals surface area (Å²) in [6.07, 6.45) is 3.50. The maximum absolute atomic E-state index is 11.6. The van der Waals surface area contributed by atoms with Crippen LogP contribution >= 0.6 is 0 Å². The molecule has 0 aromatic heterocycles. The Morgan fingerprint density at radius 3 is 2.35 bits per heavy atom. The van der Waals surface area contributed by atoms with Gasteiger partial charge in [0.15, 0.2) is 0 Å². The van der Waals surface area contributed by atoms with E-state index in [9.17, 15) is 9.90 Å². The molecule has 0 aliphatic carbocycles. The summed E-state index contributed by atoms with van der Waals surface area (Å²) in [5, 5.41) is 9.28. The average molecular weight is 244 g/mol. The fourth-order valence-electron chi connectivity index (χ4n) is 2.02. The molecule has 0 spiro atoms. The Labute approximate surface area is 106 Å². The lowest BCUT2D eigenvalue weighted by Crippen LogP contribution is -2.26. The number of hydrogen-bond acceptors (Lipinski definition) is 3. The highest BCUT2D eigenvalue weighted by atomic mass is 16.6. The van der Waals surface area contributed by atoms with Gasteiger partial charge in [0.05, 0.1) is 6.42 Å². The molecule has 17 heavy (non-hydrogen) atoms. The first kappa shape index (κ1) is 16.4. The zero-order chi connectivity index (χ0) is 13.5. The van der Waals surface area contributed by atoms with Crippen molar-refractivity contribution in [1.29, 1.82) is 0 Å². The van der Waals surface area contributed by atoms with Crippen molar-refractivity contribution < 1.29 is 14.6 Å². The van der Waals surface area contributed by atoms with Gasteiger partial charge in [0.2, 0.25) is 0 Å². The van der Waals surface area contributed by atoms with Gasteiger partial charge in [0, 0.05) is 6.61 Å². The molecule has 0 rings (SSSR count). The standard InChI is InChI=1S/C14H28O3/c1-6-7-11(2)8-12(10-15)9-13(16)17-14(3,4)5/h11-12,15H,6-10H2,1-5H3. The molecule has 0 heterocycles. The molecule has 0 aromatic carbocycles. The lowest BCUT2D eigenvalue weighted by atomic mass is 9.91. The Hall–Kier alpha value is -0.570. The highest BCUT2D eigenvalue weighted by Crippen LogP contribution is 2.20. The third-order valence-corrected chi connectivity index (χ3v) is 2.65. The zero-order valence-corrected chi connectivity index (χ0v) is 12.0.